The third-order valence-corrected chi connectivity index (χ3v) is 5.08. The second-order valence-corrected chi connectivity index (χ2v) is 7.57. The standard InChI is InChI=1S/C17H28N6S/c1-12-8-13(2)11-23(10-12)15-9-14(22-6-4-5-7-22)19-16(20-15)21-17(24)18-3/h9,12-13H,4-8,10-11H2,1-3H3,(H2,18,19,20,21,24). The third-order valence-electron chi connectivity index (χ3n) is 4.77. The van der Waals surface area contributed by atoms with Crippen LogP contribution in [0.3, 0.4) is 0 Å². The van der Waals surface area contributed by atoms with Gasteiger partial charge in [-0.15, -0.1) is 0 Å². The van der Waals surface area contributed by atoms with Gasteiger partial charge < -0.3 is 20.4 Å². The number of anilines is 3. The maximum Gasteiger partial charge on any atom is 0.232 e. The molecule has 24 heavy (non-hydrogen) atoms. The van der Waals surface area contributed by atoms with Crippen molar-refractivity contribution in [2.24, 2.45) is 11.8 Å². The van der Waals surface area contributed by atoms with Crippen molar-refractivity contribution < 1.29 is 0 Å². The van der Waals surface area contributed by atoms with Gasteiger partial charge in [0.25, 0.3) is 0 Å². The van der Waals surface area contributed by atoms with Gasteiger partial charge in [0.2, 0.25) is 5.95 Å². The Balaban J connectivity index is 1.89. The first-order valence-electron chi connectivity index (χ1n) is 8.93. The first kappa shape index (κ1) is 17.2. The van der Waals surface area contributed by atoms with E-state index in [0.29, 0.717) is 22.9 Å². The van der Waals surface area contributed by atoms with E-state index in [1.165, 1.54) is 19.3 Å². The number of hydrogen-bond acceptors (Lipinski definition) is 5. The molecule has 0 aliphatic carbocycles. The number of piperidine rings is 1. The lowest BCUT2D eigenvalue weighted by Crippen LogP contribution is -2.39. The van der Waals surface area contributed by atoms with Crippen LogP contribution < -0.4 is 20.4 Å². The number of rotatable bonds is 3. The maximum absolute atomic E-state index is 5.22. The summed E-state index contributed by atoms with van der Waals surface area (Å²) in [5, 5.41) is 6.57. The summed E-state index contributed by atoms with van der Waals surface area (Å²) in [5.41, 5.74) is 0. The molecule has 2 N–H and O–H groups in total. The molecular formula is C17H28N6S. The van der Waals surface area contributed by atoms with Crippen molar-refractivity contribution in [2.75, 3.05) is 48.3 Å². The molecule has 2 aliphatic heterocycles. The zero-order valence-corrected chi connectivity index (χ0v) is 15.7. The smallest absolute Gasteiger partial charge is 0.232 e. The van der Waals surface area contributed by atoms with Gasteiger partial charge in [-0.2, -0.15) is 9.97 Å². The topological polar surface area (TPSA) is 56.3 Å². The number of nitrogens with zero attached hydrogens (tertiary/aromatic N) is 4. The Morgan fingerprint density at radius 3 is 2.25 bits per heavy atom. The fourth-order valence-electron chi connectivity index (χ4n) is 3.76. The van der Waals surface area contributed by atoms with Crippen LogP contribution in [0.1, 0.15) is 33.1 Å². The predicted octanol–water partition coefficient (Wildman–Crippen LogP) is 2.48. The zero-order chi connectivity index (χ0) is 17.1. The van der Waals surface area contributed by atoms with Crippen molar-refractivity contribution in [2.45, 2.75) is 33.1 Å². The molecule has 0 bridgehead atoms. The summed E-state index contributed by atoms with van der Waals surface area (Å²) in [7, 11) is 1.80. The summed E-state index contributed by atoms with van der Waals surface area (Å²) >= 11 is 5.22. The van der Waals surface area contributed by atoms with Crippen LogP contribution in [0, 0.1) is 11.8 Å². The van der Waals surface area contributed by atoms with Gasteiger partial charge in [0.05, 0.1) is 0 Å². The highest BCUT2D eigenvalue weighted by molar-refractivity contribution is 7.80. The Morgan fingerprint density at radius 1 is 1.08 bits per heavy atom. The Morgan fingerprint density at radius 2 is 1.67 bits per heavy atom. The van der Waals surface area contributed by atoms with Crippen LogP contribution in [0.15, 0.2) is 6.07 Å². The highest BCUT2D eigenvalue weighted by Crippen LogP contribution is 2.29. The molecule has 2 unspecified atom stereocenters. The van der Waals surface area contributed by atoms with Gasteiger partial charge in [-0.1, -0.05) is 13.8 Å². The zero-order valence-electron chi connectivity index (χ0n) is 14.9. The van der Waals surface area contributed by atoms with E-state index >= 15 is 0 Å². The van der Waals surface area contributed by atoms with Gasteiger partial charge in [-0.05, 0) is 43.3 Å². The molecule has 2 fully saturated rings. The summed E-state index contributed by atoms with van der Waals surface area (Å²) in [6.07, 6.45) is 3.75. The van der Waals surface area contributed by atoms with Gasteiger partial charge in [0.1, 0.15) is 11.6 Å². The summed E-state index contributed by atoms with van der Waals surface area (Å²) in [5.74, 6) is 3.97. The monoisotopic (exact) mass is 348 g/mol. The van der Waals surface area contributed by atoms with E-state index in [9.17, 15) is 0 Å². The summed E-state index contributed by atoms with van der Waals surface area (Å²) in [6, 6.07) is 2.14. The summed E-state index contributed by atoms with van der Waals surface area (Å²) < 4.78 is 0. The van der Waals surface area contributed by atoms with Gasteiger partial charge in [-0.3, -0.25) is 0 Å². The molecule has 0 amide bonds. The van der Waals surface area contributed by atoms with Crippen LogP contribution in [0.2, 0.25) is 0 Å². The van der Waals surface area contributed by atoms with Gasteiger partial charge in [0, 0.05) is 39.3 Å². The van der Waals surface area contributed by atoms with Crippen molar-refractivity contribution in [3.63, 3.8) is 0 Å². The SMILES string of the molecule is CNC(=S)Nc1nc(N2CCCC2)cc(N2CC(C)CC(C)C2)n1. The lowest BCUT2D eigenvalue weighted by atomic mass is 9.92. The Hall–Kier alpha value is -1.63. The van der Waals surface area contributed by atoms with Crippen molar-refractivity contribution in [1.82, 2.24) is 15.3 Å². The quantitative estimate of drug-likeness (QED) is 0.814. The van der Waals surface area contributed by atoms with E-state index in [4.69, 9.17) is 17.2 Å². The minimum absolute atomic E-state index is 0.542. The van der Waals surface area contributed by atoms with Gasteiger partial charge >= 0.3 is 0 Å². The molecule has 7 heteroatoms. The first-order chi connectivity index (χ1) is 11.5. The van der Waals surface area contributed by atoms with Crippen LogP contribution in [0.5, 0.6) is 0 Å². The van der Waals surface area contributed by atoms with Gasteiger partial charge in [0.15, 0.2) is 5.11 Å². The molecule has 3 heterocycles. The van der Waals surface area contributed by atoms with Gasteiger partial charge in [-0.25, -0.2) is 0 Å². The fraction of sp³-hybridized carbons (Fsp3) is 0.706. The molecule has 0 aromatic carbocycles. The van der Waals surface area contributed by atoms with E-state index in [1.807, 2.05) is 0 Å². The van der Waals surface area contributed by atoms with Crippen LogP contribution >= 0.6 is 12.2 Å². The molecule has 3 rings (SSSR count). The number of nitrogens with one attached hydrogen (secondary N) is 2. The van der Waals surface area contributed by atoms with Crippen LogP contribution in [0.4, 0.5) is 17.6 Å². The molecule has 0 spiro atoms. The molecule has 0 radical (unpaired) electrons. The number of thiocarbonyl (C=S) groups is 1. The van der Waals surface area contributed by atoms with E-state index in [1.54, 1.807) is 7.05 Å². The first-order valence-corrected chi connectivity index (χ1v) is 9.33. The minimum Gasteiger partial charge on any atom is -0.365 e. The van der Waals surface area contributed by atoms with Crippen molar-refractivity contribution in [1.29, 1.82) is 0 Å². The molecule has 2 saturated heterocycles. The van der Waals surface area contributed by atoms with Crippen LogP contribution in [0.25, 0.3) is 0 Å². The van der Waals surface area contributed by atoms with Crippen molar-refractivity contribution >= 4 is 34.9 Å². The molecule has 1 aromatic heterocycles. The number of hydrogen-bond donors (Lipinski definition) is 2. The predicted molar refractivity (Wildman–Crippen MR) is 104 cm³/mol. The maximum atomic E-state index is 5.22. The second-order valence-electron chi connectivity index (χ2n) is 7.16. The second kappa shape index (κ2) is 7.51. The van der Waals surface area contributed by atoms with Crippen molar-refractivity contribution in [3.8, 4) is 0 Å². The molecule has 2 aliphatic rings. The average Bonchev–Trinajstić information content (AvgIpc) is 3.08. The third kappa shape index (κ3) is 4.06. The molecule has 1 aromatic rings. The van der Waals surface area contributed by atoms with Crippen LogP contribution in [-0.2, 0) is 0 Å². The van der Waals surface area contributed by atoms with E-state index in [0.717, 1.165) is 37.8 Å². The molecule has 6 nitrogen and oxygen atoms in total. The van der Waals surface area contributed by atoms with E-state index < -0.39 is 0 Å². The molecule has 0 saturated carbocycles. The van der Waals surface area contributed by atoms with Crippen molar-refractivity contribution in [3.05, 3.63) is 6.07 Å². The minimum atomic E-state index is 0.542. The largest absolute Gasteiger partial charge is 0.365 e. The number of aromatic nitrogens is 2. The molecule has 132 valence electrons. The Labute approximate surface area is 150 Å². The summed E-state index contributed by atoms with van der Waals surface area (Å²) in [4.78, 5) is 14.2. The fourth-order valence-corrected chi connectivity index (χ4v) is 3.85. The lowest BCUT2D eigenvalue weighted by molar-refractivity contribution is 0.355. The van der Waals surface area contributed by atoms with E-state index in [-0.39, 0.29) is 0 Å². The summed E-state index contributed by atoms with van der Waals surface area (Å²) in [6.45, 7) is 8.88. The van der Waals surface area contributed by atoms with Crippen LogP contribution in [-0.4, -0.2) is 48.3 Å². The highest BCUT2D eigenvalue weighted by atomic mass is 32.1. The lowest BCUT2D eigenvalue weighted by Gasteiger charge is -2.36. The molecular weight excluding hydrogens is 320 g/mol. The normalized spacial score (nSPS) is 24.1. The molecule has 2 atom stereocenters. The highest BCUT2D eigenvalue weighted by Gasteiger charge is 2.25. The average molecular weight is 349 g/mol. The Kier molecular flexibility index (Phi) is 5.38. The Bertz CT molecular complexity index is 576. The van der Waals surface area contributed by atoms with E-state index in [2.05, 4.69) is 45.3 Å².